The maximum Gasteiger partial charge on any atom is 0.301 e. The lowest BCUT2D eigenvalue weighted by molar-refractivity contribution is -0.132. The number of fused-ring (bicyclic) bond motifs is 1. The van der Waals surface area contributed by atoms with Gasteiger partial charge in [0.1, 0.15) is 22.9 Å². The number of benzene rings is 2. The van der Waals surface area contributed by atoms with Gasteiger partial charge in [0.15, 0.2) is 10.1 Å². The van der Waals surface area contributed by atoms with Crippen LogP contribution in [-0.2, 0) is 15.3 Å². The minimum Gasteiger partial charge on any atom is -0.505 e. The summed E-state index contributed by atoms with van der Waals surface area (Å²) in [6.07, 6.45) is 2.59. The van der Waals surface area contributed by atoms with E-state index in [2.05, 4.69) is 29.0 Å². The third-order valence-corrected chi connectivity index (χ3v) is 9.53. The van der Waals surface area contributed by atoms with E-state index in [1.165, 1.54) is 22.7 Å². The van der Waals surface area contributed by atoms with Crippen LogP contribution in [0.25, 0.3) is 11.4 Å². The number of aliphatic hydroxyl groups is 1. The number of rotatable bonds is 10. The molecule has 1 fully saturated rings. The van der Waals surface area contributed by atoms with Crippen LogP contribution in [-0.4, -0.2) is 43.0 Å². The number of hydrogen-bond donors (Lipinski definition) is 1. The van der Waals surface area contributed by atoms with E-state index in [0.717, 1.165) is 17.8 Å². The van der Waals surface area contributed by atoms with Crippen LogP contribution in [0.15, 0.2) is 82.8 Å². The van der Waals surface area contributed by atoms with Crippen LogP contribution < -0.4 is 9.64 Å². The van der Waals surface area contributed by atoms with E-state index in [9.17, 15) is 19.1 Å². The van der Waals surface area contributed by atoms with Crippen LogP contribution in [0.4, 0.5) is 9.52 Å². The molecule has 0 radical (unpaired) electrons. The Kier molecular flexibility index (Phi) is 8.68. The molecule has 1 amide bonds. The fourth-order valence-corrected chi connectivity index (χ4v) is 7.03. The van der Waals surface area contributed by atoms with Crippen LogP contribution in [0.3, 0.4) is 0 Å². The van der Waals surface area contributed by atoms with Crippen LogP contribution in [0.5, 0.6) is 5.75 Å². The van der Waals surface area contributed by atoms with Gasteiger partial charge in [-0.05, 0) is 60.7 Å². The van der Waals surface area contributed by atoms with Gasteiger partial charge in [0.25, 0.3) is 5.78 Å². The zero-order valence-corrected chi connectivity index (χ0v) is 26.4. The van der Waals surface area contributed by atoms with Crippen molar-refractivity contribution in [2.45, 2.75) is 43.3 Å². The highest BCUT2D eigenvalue weighted by atomic mass is 32.2. The molecule has 0 saturated carbocycles. The van der Waals surface area contributed by atoms with Crippen molar-refractivity contribution in [3.05, 3.63) is 107 Å². The van der Waals surface area contributed by atoms with Gasteiger partial charge in [-0.3, -0.25) is 18.9 Å². The lowest BCUT2D eigenvalue weighted by atomic mass is 9.96. The smallest absolute Gasteiger partial charge is 0.301 e. The van der Waals surface area contributed by atoms with Gasteiger partial charge in [-0.25, -0.2) is 9.37 Å². The number of Topliss-reactive ketones (excluding diaryl/α,β-unsaturated/α-hetero) is 1. The molecule has 6 rings (SSSR count). The summed E-state index contributed by atoms with van der Waals surface area (Å²) in [6.45, 7) is 6.46. The number of aryl methyl sites for hydroxylation is 1. The molecule has 1 aliphatic rings. The average Bonchev–Trinajstić information content (AvgIpc) is 3.70. The number of hydrogen-bond acceptors (Lipinski definition) is 9. The molecule has 12 heteroatoms. The molecule has 9 nitrogen and oxygen atoms in total. The molecule has 0 aliphatic carbocycles. The maximum absolute atomic E-state index is 14.2. The predicted molar refractivity (Wildman–Crippen MR) is 172 cm³/mol. The Bertz CT molecular complexity index is 1940. The Hall–Kier alpha value is -4.55. The zero-order valence-electron chi connectivity index (χ0n) is 24.8. The number of pyridine rings is 1. The Labute approximate surface area is 267 Å². The number of ether oxygens (including phenoxy) is 1. The number of imidazole rings is 1. The molecule has 1 atom stereocenters. The SMILES string of the molecule is Cc1nc2ccccn2c1C(O)=C1C(=O)C(=O)N(c2nnc(SCc3ccccc3F)s2)C1c1cccc(OCCC(C)C)c1. The molecular formula is C33H30FN5O4S2. The number of carbonyl (C=O) groups excluding carboxylic acids is 2. The minimum absolute atomic E-state index is 0.0937. The molecule has 1 N–H and O–H groups in total. The van der Waals surface area contributed by atoms with Crippen molar-refractivity contribution in [2.24, 2.45) is 5.92 Å². The largest absolute Gasteiger partial charge is 0.505 e. The quantitative estimate of drug-likeness (QED) is 0.0571. The van der Waals surface area contributed by atoms with E-state index in [4.69, 9.17) is 4.74 Å². The van der Waals surface area contributed by atoms with E-state index in [-0.39, 0.29) is 22.3 Å². The van der Waals surface area contributed by atoms with E-state index < -0.39 is 17.7 Å². The second kappa shape index (κ2) is 12.8. The summed E-state index contributed by atoms with van der Waals surface area (Å²) in [5.41, 5.74) is 2.37. The average molecular weight is 644 g/mol. The Balaban J connectivity index is 1.43. The Morgan fingerprint density at radius 2 is 1.89 bits per heavy atom. The number of aliphatic hydroxyl groups excluding tert-OH is 1. The van der Waals surface area contributed by atoms with Gasteiger partial charge < -0.3 is 9.84 Å². The van der Waals surface area contributed by atoms with Crippen LogP contribution in [0.1, 0.15) is 48.8 Å². The molecule has 0 bridgehead atoms. The van der Waals surface area contributed by atoms with Crippen molar-refractivity contribution in [3.63, 3.8) is 0 Å². The van der Waals surface area contributed by atoms with Gasteiger partial charge in [-0.2, -0.15) is 0 Å². The van der Waals surface area contributed by atoms with E-state index in [1.807, 2.05) is 12.1 Å². The Morgan fingerprint density at radius 1 is 1.09 bits per heavy atom. The molecule has 4 heterocycles. The molecule has 5 aromatic rings. The van der Waals surface area contributed by atoms with Crippen LogP contribution in [0, 0.1) is 18.7 Å². The highest BCUT2D eigenvalue weighted by Crippen LogP contribution is 2.45. The lowest BCUT2D eigenvalue weighted by Crippen LogP contribution is -2.29. The first-order chi connectivity index (χ1) is 21.7. The zero-order chi connectivity index (χ0) is 31.7. The molecule has 45 heavy (non-hydrogen) atoms. The summed E-state index contributed by atoms with van der Waals surface area (Å²) in [5.74, 6) is -1.03. The fourth-order valence-electron chi connectivity index (χ4n) is 5.17. The number of halogens is 1. The number of nitrogens with zero attached hydrogens (tertiary/aromatic N) is 5. The molecule has 2 aromatic carbocycles. The van der Waals surface area contributed by atoms with Gasteiger partial charge in [-0.15, -0.1) is 10.2 Å². The number of thioether (sulfide) groups is 1. The second-order valence-corrected chi connectivity index (χ2v) is 13.2. The van der Waals surface area contributed by atoms with Crippen molar-refractivity contribution in [1.82, 2.24) is 19.6 Å². The summed E-state index contributed by atoms with van der Waals surface area (Å²) < 4.78 is 22.4. The standard InChI is InChI=1S/C33H30FN5O4S2/c1-19(2)14-16-43-23-11-8-10-21(17-23)28-26(29(40)27-20(3)35-25-13-6-7-15-38(25)27)30(41)31(42)39(28)32-36-37-33(45-32)44-18-22-9-4-5-12-24(22)34/h4-13,15,17,19,28,40H,14,16,18H2,1-3H3. The lowest BCUT2D eigenvalue weighted by Gasteiger charge is -2.23. The number of amides is 1. The minimum atomic E-state index is -1.02. The molecule has 230 valence electrons. The van der Waals surface area contributed by atoms with Crippen molar-refractivity contribution in [3.8, 4) is 5.75 Å². The third-order valence-electron chi connectivity index (χ3n) is 7.42. The fraction of sp³-hybridized carbons (Fsp3) is 0.242. The van der Waals surface area contributed by atoms with Gasteiger partial charge >= 0.3 is 5.91 Å². The van der Waals surface area contributed by atoms with Crippen molar-refractivity contribution in [2.75, 3.05) is 11.5 Å². The van der Waals surface area contributed by atoms with Crippen molar-refractivity contribution >= 4 is 51.3 Å². The molecule has 0 spiro atoms. The summed E-state index contributed by atoms with van der Waals surface area (Å²) in [5, 5.41) is 20.5. The van der Waals surface area contributed by atoms with Gasteiger partial charge in [0, 0.05) is 11.9 Å². The molecule has 1 saturated heterocycles. The van der Waals surface area contributed by atoms with Crippen LogP contribution >= 0.6 is 23.1 Å². The van der Waals surface area contributed by atoms with Gasteiger partial charge in [0.05, 0.1) is 23.9 Å². The molecule has 1 aliphatic heterocycles. The maximum atomic E-state index is 14.2. The monoisotopic (exact) mass is 643 g/mol. The normalized spacial score (nSPS) is 16.3. The number of aromatic nitrogens is 4. The van der Waals surface area contributed by atoms with Crippen molar-refractivity contribution in [1.29, 1.82) is 0 Å². The van der Waals surface area contributed by atoms with E-state index >= 15 is 0 Å². The first-order valence-corrected chi connectivity index (χ1v) is 16.2. The third kappa shape index (κ3) is 6.07. The summed E-state index contributed by atoms with van der Waals surface area (Å²) >= 11 is 2.39. The van der Waals surface area contributed by atoms with Crippen LogP contribution in [0.2, 0.25) is 0 Å². The second-order valence-electron chi connectivity index (χ2n) is 11.0. The van der Waals surface area contributed by atoms with E-state index in [0.29, 0.717) is 56.5 Å². The Morgan fingerprint density at radius 3 is 2.69 bits per heavy atom. The van der Waals surface area contributed by atoms with Gasteiger partial charge in [-0.1, -0.05) is 73.3 Å². The highest BCUT2D eigenvalue weighted by Gasteiger charge is 2.49. The summed E-state index contributed by atoms with van der Waals surface area (Å²) in [6, 6.07) is 18.0. The summed E-state index contributed by atoms with van der Waals surface area (Å²) in [4.78, 5) is 33.3. The number of ketones is 1. The van der Waals surface area contributed by atoms with Crippen molar-refractivity contribution < 1.29 is 23.8 Å². The number of anilines is 1. The first kappa shape index (κ1) is 30.5. The summed E-state index contributed by atoms with van der Waals surface area (Å²) in [7, 11) is 0. The molecular weight excluding hydrogens is 614 g/mol. The van der Waals surface area contributed by atoms with Gasteiger partial charge in [0.2, 0.25) is 5.13 Å². The number of carbonyl (C=O) groups is 2. The molecule has 1 unspecified atom stereocenters. The molecule has 3 aromatic heterocycles. The first-order valence-electron chi connectivity index (χ1n) is 14.4. The highest BCUT2D eigenvalue weighted by molar-refractivity contribution is 8.00. The predicted octanol–water partition coefficient (Wildman–Crippen LogP) is 6.98. The van der Waals surface area contributed by atoms with E-state index in [1.54, 1.807) is 66.1 Å². The topological polar surface area (TPSA) is 110 Å².